The van der Waals surface area contributed by atoms with Crippen LogP contribution in [0, 0.1) is 5.92 Å². The lowest BCUT2D eigenvalue weighted by molar-refractivity contribution is 0.242. The molecule has 1 unspecified atom stereocenters. The van der Waals surface area contributed by atoms with Gasteiger partial charge in [-0.1, -0.05) is 25.2 Å². The van der Waals surface area contributed by atoms with Gasteiger partial charge in [-0.25, -0.2) is 4.79 Å². The van der Waals surface area contributed by atoms with E-state index in [9.17, 15) is 4.79 Å². The highest BCUT2D eigenvalue weighted by molar-refractivity contribution is 5.79. The Morgan fingerprint density at radius 1 is 1.54 bits per heavy atom. The predicted molar refractivity (Wildman–Crippen MR) is 51.0 cm³/mol. The molecule has 1 aliphatic heterocycles. The fourth-order valence-corrected chi connectivity index (χ4v) is 1.51. The highest BCUT2D eigenvalue weighted by atomic mass is 16.2. The molecule has 2 N–H and O–H groups in total. The van der Waals surface area contributed by atoms with E-state index in [1.165, 1.54) is 0 Å². The monoisotopic (exact) mass is 176 g/mol. The summed E-state index contributed by atoms with van der Waals surface area (Å²) in [5.41, 5.74) is 2.08. The molecule has 1 heterocycles. The summed E-state index contributed by atoms with van der Waals surface area (Å²) in [4.78, 5) is 11.0. The number of nitrogens with one attached hydrogen (secondary N) is 2. The highest BCUT2D eigenvalue weighted by Crippen LogP contribution is 2.17. The number of carbonyl (C=O) groups is 1. The van der Waals surface area contributed by atoms with Gasteiger partial charge in [-0.3, -0.25) is 0 Å². The van der Waals surface area contributed by atoms with E-state index < -0.39 is 0 Å². The van der Waals surface area contributed by atoms with Gasteiger partial charge in [0.25, 0.3) is 0 Å². The SMILES string of the molecule is CC1C=CC=C2NC(=O)NCC2=C1. The zero-order chi connectivity index (χ0) is 9.26. The fourth-order valence-electron chi connectivity index (χ4n) is 1.51. The molecular weight excluding hydrogens is 164 g/mol. The third-order valence-corrected chi connectivity index (χ3v) is 2.18. The van der Waals surface area contributed by atoms with Crippen molar-refractivity contribution < 1.29 is 4.79 Å². The molecule has 1 fully saturated rings. The minimum atomic E-state index is -0.119. The van der Waals surface area contributed by atoms with Gasteiger partial charge < -0.3 is 10.6 Å². The molecule has 3 nitrogen and oxygen atoms in total. The normalized spacial score (nSPS) is 26.2. The summed E-state index contributed by atoms with van der Waals surface area (Å²) < 4.78 is 0. The maximum absolute atomic E-state index is 11.0. The first kappa shape index (κ1) is 8.10. The van der Waals surface area contributed by atoms with Crippen molar-refractivity contribution in [1.82, 2.24) is 10.6 Å². The number of hydrogen-bond acceptors (Lipinski definition) is 1. The van der Waals surface area contributed by atoms with E-state index in [1.54, 1.807) is 0 Å². The first-order valence-electron chi connectivity index (χ1n) is 4.40. The Bertz CT molecular complexity index is 326. The number of fused-ring (bicyclic) bond motifs is 1. The lowest BCUT2D eigenvalue weighted by Crippen LogP contribution is -2.42. The maximum atomic E-state index is 11.0. The lowest BCUT2D eigenvalue weighted by Gasteiger charge is -2.20. The molecule has 1 aliphatic carbocycles. The molecule has 1 atom stereocenters. The van der Waals surface area contributed by atoms with Crippen LogP contribution < -0.4 is 10.6 Å². The molecule has 3 heteroatoms. The minimum absolute atomic E-state index is 0.119. The standard InChI is InChI=1S/C10H12N2O/c1-7-3-2-4-9-8(5-7)6-11-10(13)12-9/h2-5,7H,6H2,1H3,(H2,11,12,13). The molecule has 0 aromatic rings. The summed E-state index contributed by atoms with van der Waals surface area (Å²) >= 11 is 0. The van der Waals surface area contributed by atoms with Gasteiger partial charge in [0.1, 0.15) is 0 Å². The molecule has 2 amide bonds. The summed E-state index contributed by atoms with van der Waals surface area (Å²) in [6, 6.07) is -0.119. The Kier molecular flexibility index (Phi) is 1.93. The first-order chi connectivity index (χ1) is 6.25. The number of rotatable bonds is 0. The topological polar surface area (TPSA) is 41.1 Å². The van der Waals surface area contributed by atoms with Gasteiger partial charge >= 0.3 is 6.03 Å². The average molecular weight is 176 g/mol. The fraction of sp³-hybridized carbons (Fsp3) is 0.300. The molecule has 0 bridgehead atoms. The van der Waals surface area contributed by atoms with Gasteiger partial charge in [0.05, 0.1) is 0 Å². The van der Waals surface area contributed by atoms with Crippen molar-refractivity contribution in [1.29, 1.82) is 0 Å². The van der Waals surface area contributed by atoms with Crippen molar-refractivity contribution in [2.75, 3.05) is 6.54 Å². The molecule has 2 aliphatic rings. The van der Waals surface area contributed by atoms with Crippen molar-refractivity contribution in [2.24, 2.45) is 5.92 Å². The van der Waals surface area contributed by atoms with E-state index >= 15 is 0 Å². The van der Waals surface area contributed by atoms with Crippen LogP contribution in [0.3, 0.4) is 0 Å². The van der Waals surface area contributed by atoms with Crippen LogP contribution in [-0.4, -0.2) is 12.6 Å². The second-order valence-electron chi connectivity index (χ2n) is 3.32. The van der Waals surface area contributed by atoms with E-state index in [-0.39, 0.29) is 6.03 Å². The van der Waals surface area contributed by atoms with Crippen LogP contribution in [0.15, 0.2) is 35.6 Å². The quantitative estimate of drug-likeness (QED) is 0.574. The van der Waals surface area contributed by atoms with Crippen LogP contribution in [0.2, 0.25) is 0 Å². The van der Waals surface area contributed by atoms with E-state index in [2.05, 4.69) is 29.7 Å². The van der Waals surface area contributed by atoms with Crippen molar-refractivity contribution in [2.45, 2.75) is 6.92 Å². The second-order valence-corrected chi connectivity index (χ2v) is 3.32. The van der Waals surface area contributed by atoms with Gasteiger partial charge in [-0.2, -0.15) is 0 Å². The molecule has 2 rings (SSSR count). The van der Waals surface area contributed by atoms with Crippen LogP contribution in [0.25, 0.3) is 0 Å². The van der Waals surface area contributed by atoms with Crippen molar-refractivity contribution >= 4 is 6.03 Å². The molecule has 0 aromatic carbocycles. The number of allylic oxidation sites excluding steroid dienone is 4. The van der Waals surface area contributed by atoms with Crippen molar-refractivity contribution in [3.8, 4) is 0 Å². The zero-order valence-corrected chi connectivity index (χ0v) is 7.50. The minimum Gasteiger partial charge on any atom is -0.334 e. The summed E-state index contributed by atoms with van der Waals surface area (Å²) in [7, 11) is 0. The molecular formula is C10H12N2O. The Morgan fingerprint density at radius 2 is 2.38 bits per heavy atom. The summed E-state index contributed by atoms with van der Waals surface area (Å²) in [5, 5.41) is 5.51. The third kappa shape index (κ3) is 1.64. The van der Waals surface area contributed by atoms with Gasteiger partial charge in [0.2, 0.25) is 0 Å². The summed E-state index contributed by atoms with van der Waals surface area (Å²) in [6.07, 6.45) is 8.18. The van der Waals surface area contributed by atoms with E-state index in [1.807, 2.05) is 12.2 Å². The van der Waals surface area contributed by atoms with Gasteiger partial charge in [-0.05, 0) is 17.6 Å². The molecule has 0 aromatic heterocycles. The first-order valence-corrected chi connectivity index (χ1v) is 4.40. The molecule has 0 saturated carbocycles. The predicted octanol–water partition coefficient (Wildman–Crippen LogP) is 1.32. The number of carbonyl (C=O) groups excluding carboxylic acids is 1. The summed E-state index contributed by atoms with van der Waals surface area (Å²) in [6.45, 7) is 2.75. The largest absolute Gasteiger partial charge is 0.334 e. The Morgan fingerprint density at radius 3 is 3.23 bits per heavy atom. The van der Waals surface area contributed by atoms with Crippen LogP contribution in [0.5, 0.6) is 0 Å². The highest BCUT2D eigenvalue weighted by Gasteiger charge is 2.16. The van der Waals surface area contributed by atoms with Crippen LogP contribution in [0.4, 0.5) is 4.79 Å². The number of urea groups is 1. The Balaban J connectivity index is 2.30. The van der Waals surface area contributed by atoms with E-state index in [4.69, 9.17) is 0 Å². The Hall–Kier alpha value is -1.51. The van der Waals surface area contributed by atoms with Gasteiger partial charge in [-0.15, -0.1) is 0 Å². The van der Waals surface area contributed by atoms with E-state index in [0.29, 0.717) is 12.5 Å². The van der Waals surface area contributed by atoms with Gasteiger partial charge in [0, 0.05) is 12.2 Å². The molecule has 1 saturated heterocycles. The molecule has 0 radical (unpaired) electrons. The van der Waals surface area contributed by atoms with Crippen molar-refractivity contribution in [3.63, 3.8) is 0 Å². The molecule has 68 valence electrons. The Labute approximate surface area is 77.2 Å². The van der Waals surface area contributed by atoms with Crippen LogP contribution in [-0.2, 0) is 0 Å². The number of hydrogen-bond donors (Lipinski definition) is 2. The molecule has 0 spiro atoms. The van der Waals surface area contributed by atoms with Crippen LogP contribution in [0.1, 0.15) is 6.92 Å². The maximum Gasteiger partial charge on any atom is 0.319 e. The number of amides is 2. The average Bonchev–Trinajstić information content (AvgIpc) is 2.25. The second kappa shape index (κ2) is 3.09. The third-order valence-electron chi connectivity index (χ3n) is 2.18. The van der Waals surface area contributed by atoms with E-state index in [0.717, 1.165) is 11.3 Å². The van der Waals surface area contributed by atoms with Gasteiger partial charge in [0.15, 0.2) is 0 Å². The van der Waals surface area contributed by atoms with Crippen LogP contribution >= 0.6 is 0 Å². The van der Waals surface area contributed by atoms with Crippen molar-refractivity contribution in [3.05, 3.63) is 35.6 Å². The smallest absolute Gasteiger partial charge is 0.319 e. The summed E-state index contributed by atoms with van der Waals surface area (Å²) in [5.74, 6) is 0.431. The lowest BCUT2D eigenvalue weighted by atomic mass is 10.1. The molecule has 13 heavy (non-hydrogen) atoms. The zero-order valence-electron chi connectivity index (χ0n) is 7.50.